The number of thiazole rings is 1. The lowest BCUT2D eigenvalue weighted by atomic mass is 9.97. The minimum Gasteiger partial charge on any atom is -0.482 e. The molecule has 1 N–H and O–H groups in total. The maximum absolute atomic E-state index is 6.12. The van der Waals surface area contributed by atoms with Gasteiger partial charge in [0.2, 0.25) is 0 Å². The number of ether oxygens (including phenoxy) is 1. The van der Waals surface area contributed by atoms with Crippen LogP contribution in [0.3, 0.4) is 0 Å². The highest BCUT2D eigenvalue weighted by Crippen LogP contribution is 2.48. The molecule has 0 radical (unpaired) electrons. The highest BCUT2D eigenvalue weighted by molar-refractivity contribution is 7.16. The lowest BCUT2D eigenvalue weighted by molar-refractivity contribution is 0.109. The van der Waals surface area contributed by atoms with Gasteiger partial charge < -0.3 is 10.1 Å². The molecule has 0 bridgehead atoms. The highest BCUT2D eigenvalue weighted by atomic mass is 32.1. The van der Waals surface area contributed by atoms with E-state index in [1.54, 1.807) is 11.3 Å². The van der Waals surface area contributed by atoms with Crippen LogP contribution in [0.15, 0.2) is 24.3 Å². The number of rotatable bonds is 2. The van der Waals surface area contributed by atoms with Crippen molar-refractivity contribution in [2.75, 3.05) is 5.32 Å². The van der Waals surface area contributed by atoms with Gasteiger partial charge in [-0.2, -0.15) is 0 Å². The summed E-state index contributed by atoms with van der Waals surface area (Å²) in [6.45, 7) is 4.22. The summed E-state index contributed by atoms with van der Waals surface area (Å²) in [6, 6.07) is 8.79. The Kier molecular flexibility index (Phi) is 2.22. The fourth-order valence-corrected chi connectivity index (χ4v) is 3.54. The molecule has 4 rings (SSSR count). The molecule has 2 heterocycles. The summed E-state index contributed by atoms with van der Waals surface area (Å²) in [5.74, 6) is 0.934. The molecule has 0 atom stereocenters. The fraction of sp³-hybridized carbons (Fsp3) is 0.400. The molecule has 1 saturated carbocycles. The zero-order valence-electron chi connectivity index (χ0n) is 11.1. The highest BCUT2D eigenvalue weighted by Gasteiger charge is 2.36. The Morgan fingerprint density at radius 1 is 1.32 bits per heavy atom. The molecule has 1 aliphatic carbocycles. The van der Waals surface area contributed by atoms with Crippen LogP contribution in [0.2, 0.25) is 0 Å². The van der Waals surface area contributed by atoms with Crippen LogP contribution in [0, 0.1) is 0 Å². The molecule has 4 heteroatoms. The van der Waals surface area contributed by atoms with Gasteiger partial charge in [0.1, 0.15) is 11.4 Å². The number of anilines is 1. The van der Waals surface area contributed by atoms with Gasteiger partial charge in [-0.25, -0.2) is 4.98 Å². The van der Waals surface area contributed by atoms with E-state index in [-0.39, 0.29) is 5.60 Å². The van der Waals surface area contributed by atoms with E-state index in [0.717, 1.165) is 22.1 Å². The van der Waals surface area contributed by atoms with Crippen LogP contribution in [0.25, 0.3) is 11.3 Å². The molecule has 1 fully saturated rings. The molecule has 3 nitrogen and oxygen atoms in total. The second kappa shape index (κ2) is 3.73. The van der Waals surface area contributed by atoms with Crippen LogP contribution in [0.1, 0.15) is 31.6 Å². The van der Waals surface area contributed by atoms with Crippen molar-refractivity contribution in [3.05, 3.63) is 29.1 Å². The van der Waals surface area contributed by atoms with Gasteiger partial charge in [-0.3, -0.25) is 0 Å². The van der Waals surface area contributed by atoms with Crippen molar-refractivity contribution in [2.24, 2.45) is 0 Å². The maximum Gasteiger partial charge on any atom is 0.183 e. The molecule has 2 aromatic rings. The first-order valence-corrected chi connectivity index (χ1v) is 7.51. The standard InChI is InChI=1S/C15H16N2OS/c1-15(2)13-12(10-5-3-4-6-11(10)18-15)17-14(19-13)16-9-7-8-9/h3-6,9H,7-8H2,1-2H3,(H,16,17). The van der Waals surface area contributed by atoms with Gasteiger partial charge in [0.05, 0.1) is 10.6 Å². The number of nitrogens with zero attached hydrogens (tertiary/aromatic N) is 1. The SMILES string of the molecule is CC1(C)Oc2ccccc2-c2nc(NC3CC3)sc21. The molecule has 1 aromatic carbocycles. The van der Waals surface area contributed by atoms with Gasteiger partial charge in [0, 0.05) is 11.6 Å². The first-order chi connectivity index (χ1) is 9.13. The molecule has 98 valence electrons. The number of fused-ring (bicyclic) bond motifs is 3. The Balaban J connectivity index is 1.85. The smallest absolute Gasteiger partial charge is 0.183 e. The average molecular weight is 272 g/mol. The minimum absolute atomic E-state index is 0.301. The summed E-state index contributed by atoms with van der Waals surface area (Å²) in [5, 5.41) is 4.52. The van der Waals surface area contributed by atoms with Gasteiger partial charge >= 0.3 is 0 Å². The summed E-state index contributed by atoms with van der Waals surface area (Å²) >= 11 is 1.73. The monoisotopic (exact) mass is 272 g/mol. The zero-order valence-corrected chi connectivity index (χ0v) is 11.9. The van der Waals surface area contributed by atoms with Gasteiger partial charge in [-0.15, -0.1) is 0 Å². The number of hydrogen-bond acceptors (Lipinski definition) is 4. The van der Waals surface area contributed by atoms with Crippen LogP contribution >= 0.6 is 11.3 Å². The van der Waals surface area contributed by atoms with E-state index in [1.807, 2.05) is 18.2 Å². The molecule has 0 unspecified atom stereocenters. The minimum atomic E-state index is -0.301. The third-order valence-corrected chi connectivity index (χ3v) is 4.88. The molecule has 2 aliphatic rings. The van der Waals surface area contributed by atoms with Crippen molar-refractivity contribution in [1.29, 1.82) is 0 Å². The van der Waals surface area contributed by atoms with E-state index in [1.165, 1.54) is 17.7 Å². The first kappa shape index (κ1) is 11.3. The lowest BCUT2D eigenvalue weighted by Gasteiger charge is -2.31. The summed E-state index contributed by atoms with van der Waals surface area (Å²) in [6.07, 6.45) is 2.53. The molecule has 0 amide bonds. The van der Waals surface area contributed by atoms with Gasteiger partial charge in [0.15, 0.2) is 5.13 Å². The second-order valence-corrected chi connectivity index (χ2v) is 6.72. The van der Waals surface area contributed by atoms with E-state index in [2.05, 4.69) is 25.2 Å². The Morgan fingerprint density at radius 3 is 2.89 bits per heavy atom. The van der Waals surface area contributed by atoms with E-state index in [4.69, 9.17) is 9.72 Å². The maximum atomic E-state index is 6.12. The first-order valence-electron chi connectivity index (χ1n) is 6.70. The fourth-order valence-electron chi connectivity index (χ4n) is 2.45. The second-order valence-electron chi connectivity index (χ2n) is 5.72. The largest absolute Gasteiger partial charge is 0.482 e. The van der Waals surface area contributed by atoms with Crippen LogP contribution in [0.4, 0.5) is 5.13 Å². The average Bonchev–Trinajstić information content (AvgIpc) is 3.05. The molecule has 1 aliphatic heterocycles. The quantitative estimate of drug-likeness (QED) is 0.897. The van der Waals surface area contributed by atoms with E-state index in [0.29, 0.717) is 6.04 Å². The predicted molar refractivity (Wildman–Crippen MR) is 77.8 cm³/mol. The summed E-state index contributed by atoms with van der Waals surface area (Å²) in [5.41, 5.74) is 1.89. The summed E-state index contributed by atoms with van der Waals surface area (Å²) in [7, 11) is 0. The number of hydrogen-bond donors (Lipinski definition) is 1. The van der Waals surface area contributed by atoms with Crippen molar-refractivity contribution in [1.82, 2.24) is 4.98 Å². The molecular formula is C15H16N2OS. The van der Waals surface area contributed by atoms with Crippen LogP contribution in [0.5, 0.6) is 5.75 Å². The van der Waals surface area contributed by atoms with Gasteiger partial charge in [-0.1, -0.05) is 23.5 Å². The molecule has 0 saturated heterocycles. The van der Waals surface area contributed by atoms with Crippen molar-refractivity contribution in [3.63, 3.8) is 0 Å². The lowest BCUT2D eigenvalue weighted by Crippen LogP contribution is -2.27. The number of aromatic nitrogens is 1. The van der Waals surface area contributed by atoms with E-state index in [9.17, 15) is 0 Å². The van der Waals surface area contributed by atoms with Gasteiger partial charge in [-0.05, 0) is 38.8 Å². The third kappa shape index (κ3) is 1.82. The molecule has 1 aromatic heterocycles. The number of nitrogens with one attached hydrogen (secondary N) is 1. The molecule has 19 heavy (non-hydrogen) atoms. The molecule has 0 spiro atoms. The third-order valence-electron chi connectivity index (χ3n) is 3.59. The van der Waals surface area contributed by atoms with Crippen LogP contribution < -0.4 is 10.1 Å². The van der Waals surface area contributed by atoms with Crippen molar-refractivity contribution >= 4 is 16.5 Å². The Morgan fingerprint density at radius 2 is 2.11 bits per heavy atom. The van der Waals surface area contributed by atoms with Crippen molar-refractivity contribution in [2.45, 2.75) is 38.3 Å². The van der Waals surface area contributed by atoms with E-state index >= 15 is 0 Å². The Labute approximate surface area is 116 Å². The molecular weight excluding hydrogens is 256 g/mol. The van der Waals surface area contributed by atoms with Gasteiger partial charge in [0.25, 0.3) is 0 Å². The topological polar surface area (TPSA) is 34.1 Å². The Hall–Kier alpha value is -1.55. The predicted octanol–water partition coefficient (Wildman–Crippen LogP) is 4.01. The summed E-state index contributed by atoms with van der Waals surface area (Å²) in [4.78, 5) is 6.01. The zero-order chi connectivity index (χ0) is 13.0. The normalized spacial score (nSPS) is 19.3. The number of benzene rings is 1. The van der Waals surface area contributed by atoms with Crippen LogP contribution in [-0.4, -0.2) is 11.0 Å². The van der Waals surface area contributed by atoms with E-state index < -0.39 is 0 Å². The van der Waals surface area contributed by atoms with Crippen molar-refractivity contribution in [3.8, 4) is 17.0 Å². The van der Waals surface area contributed by atoms with Crippen LogP contribution in [-0.2, 0) is 5.60 Å². The Bertz CT molecular complexity index is 643. The summed E-state index contributed by atoms with van der Waals surface area (Å²) < 4.78 is 6.12. The van der Waals surface area contributed by atoms with Crippen molar-refractivity contribution < 1.29 is 4.74 Å². The number of para-hydroxylation sites is 1.